The van der Waals surface area contributed by atoms with E-state index in [1.807, 2.05) is 23.9 Å². The molecule has 2 fully saturated rings. The molecule has 3 aromatic rings. The highest BCUT2D eigenvalue weighted by atomic mass is 15.3. The number of aromatic nitrogens is 4. The number of hydrogen-bond donors (Lipinski definition) is 0. The number of benzene rings is 1. The molecule has 0 amide bonds. The maximum Gasteiger partial charge on any atom is 0.157 e. The van der Waals surface area contributed by atoms with Crippen molar-refractivity contribution >= 4 is 10.9 Å². The van der Waals surface area contributed by atoms with Crippen LogP contribution >= 0.6 is 0 Å². The minimum Gasteiger partial charge on any atom is -0.238 e. The SMILES string of the molecule is CCc1cc(-n2ncc3ccc([C@@H]4CC45CC5)cc32)nc(C)n1. The predicted octanol–water partition coefficient (Wildman–Crippen LogP) is 3.95. The van der Waals surface area contributed by atoms with Crippen molar-refractivity contribution in [1.82, 2.24) is 19.7 Å². The minimum atomic E-state index is 0.680. The molecule has 0 aliphatic heterocycles. The molecule has 0 N–H and O–H groups in total. The first-order chi connectivity index (χ1) is 11.2. The summed E-state index contributed by atoms with van der Waals surface area (Å²) in [6.07, 6.45) is 7.05. The molecule has 1 spiro atoms. The molecule has 4 nitrogen and oxygen atoms in total. The number of aryl methyl sites for hydroxylation is 2. The lowest BCUT2D eigenvalue weighted by atomic mass is 10.1. The van der Waals surface area contributed by atoms with Gasteiger partial charge in [0.25, 0.3) is 0 Å². The van der Waals surface area contributed by atoms with E-state index >= 15 is 0 Å². The van der Waals surface area contributed by atoms with Gasteiger partial charge in [-0.25, -0.2) is 14.6 Å². The number of rotatable bonds is 3. The lowest BCUT2D eigenvalue weighted by molar-refractivity contribution is 0.829. The van der Waals surface area contributed by atoms with Crippen LogP contribution in [0.2, 0.25) is 0 Å². The summed E-state index contributed by atoms with van der Waals surface area (Å²) in [6.45, 7) is 4.06. The zero-order valence-electron chi connectivity index (χ0n) is 13.6. The second-order valence-electron chi connectivity index (χ2n) is 7.11. The Labute approximate surface area is 135 Å². The zero-order valence-corrected chi connectivity index (χ0v) is 13.6. The minimum absolute atomic E-state index is 0.680. The van der Waals surface area contributed by atoms with Crippen LogP contribution in [0.15, 0.2) is 30.5 Å². The third kappa shape index (κ3) is 2.01. The van der Waals surface area contributed by atoms with Crippen LogP contribution in [0.3, 0.4) is 0 Å². The van der Waals surface area contributed by atoms with E-state index in [-0.39, 0.29) is 0 Å². The van der Waals surface area contributed by atoms with Gasteiger partial charge >= 0.3 is 0 Å². The molecule has 5 rings (SSSR count). The molecular formula is C19H20N4. The number of hydrogen-bond acceptors (Lipinski definition) is 3. The van der Waals surface area contributed by atoms with Crippen LogP contribution in [0.4, 0.5) is 0 Å². The molecule has 116 valence electrons. The van der Waals surface area contributed by atoms with Crippen molar-refractivity contribution in [3.8, 4) is 5.82 Å². The van der Waals surface area contributed by atoms with E-state index in [2.05, 4.69) is 40.2 Å². The van der Waals surface area contributed by atoms with Gasteiger partial charge in [0.2, 0.25) is 0 Å². The molecule has 1 aromatic carbocycles. The van der Waals surface area contributed by atoms with Crippen LogP contribution in [0.1, 0.15) is 49.2 Å². The van der Waals surface area contributed by atoms with Gasteiger partial charge < -0.3 is 0 Å². The molecule has 2 aromatic heterocycles. The van der Waals surface area contributed by atoms with Crippen molar-refractivity contribution in [2.45, 2.75) is 45.4 Å². The van der Waals surface area contributed by atoms with Crippen LogP contribution < -0.4 is 0 Å². The molecule has 4 heteroatoms. The van der Waals surface area contributed by atoms with Crippen LogP contribution in [-0.4, -0.2) is 19.7 Å². The van der Waals surface area contributed by atoms with Gasteiger partial charge in [-0.15, -0.1) is 0 Å². The first kappa shape index (κ1) is 13.2. The molecule has 1 atom stereocenters. The quantitative estimate of drug-likeness (QED) is 0.736. The Morgan fingerprint density at radius 1 is 1.22 bits per heavy atom. The van der Waals surface area contributed by atoms with Gasteiger partial charge in [0.1, 0.15) is 5.82 Å². The molecule has 0 saturated heterocycles. The van der Waals surface area contributed by atoms with Crippen molar-refractivity contribution in [3.63, 3.8) is 0 Å². The van der Waals surface area contributed by atoms with E-state index in [1.54, 1.807) is 0 Å². The number of fused-ring (bicyclic) bond motifs is 1. The molecule has 2 aliphatic rings. The fraction of sp³-hybridized carbons (Fsp3) is 0.421. The third-order valence-electron chi connectivity index (χ3n) is 5.54. The van der Waals surface area contributed by atoms with Gasteiger partial charge in [-0.2, -0.15) is 5.10 Å². The van der Waals surface area contributed by atoms with Gasteiger partial charge in [-0.1, -0.05) is 19.1 Å². The molecule has 23 heavy (non-hydrogen) atoms. The molecule has 2 saturated carbocycles. The third-order valence-corrected chi connectivity index (χ3v) is 5.54. The van der Waals surface area contributed by atoms with Crippen molar-refractivity contribution < 1.29 is 0 Å². The average molecular weight is 304 g/mol. The second-order valence-corrected chi connectivity index (χ2v) is 7.11. The van der Waals surface area contributed by atoms with Crippen molar-refractivity contribution in [2.24, 2.45) is 5.41 Å². The largest absolute Gasteiger partial charge is 0.238 e. The van der Waals surface area contributed by atoms with Crippen molar-refractivity contribution in [2.75, 3.05) is 0 Å². The summed E-state index contributed by atoms with van der Waals surface area (Å²) in [4.78, 5) is 9.07. The topological polar surface area (TPSA) is 43.6 Å². The Bertz CT molecular complexity index is 920. The molecule has 2 aliphatic carbocycles. The summed E-state index contributed by atoms with van der Waals surface area (Å²) < 4.78 is 1.97. The zero-order chi connectivity index (χ0) is 15.6. The summed E-state index contributed by atoms with van der Waals surface area (Å²) >= 11 is 0. The molecule has 0 bridgehead atoms. The summed E-state index contributed by atoms with van der Waals surface area (Å²) in [7, 11) is 0. The second kappa shape index (κ2) is 4.40. The van der Waals surface area contributed by atoms with Crippen molar-refractivity contribution in [1.29, 1.82) is 0 Å². The van der Waals surface area contributed by atoms with Crippen molar-refractivity contribution in [3.05, 3.63) is 47.5 Å². The predicted molar refractivity (Wildman–Crippen MR) is 89.8 cm³/mol. The standard InChI is InChI=1S/C19H20N4/c1-3-15-9-18(22-12(2)21-15)23-17-8-13(4-5-14(17)11-20-23)16-10-19(16)6-7-19/h4-5,8-9,11,16H,3,6-7,10H2,1-2H3/t16-/m0/s1. The maximum atomic E-state index is 4.59. The summed E-state index contributed by atoms with van der Waals surface area (Å²) in [5.74, 6) is 2.45. The van der Waals surface area contributed by atoms with Crippen LogP contribution in [0, 0.1) is 12.3 Å². The lowest BCUT2D eigenvalue weighted by Gasteiger charge is -2.07. The van der Waals surface area contributed by atoms with Gasteiger partial charge in [0.05, 0.1) is 11.7 Å². The Balaban J connectivity index is 1.63. The Kier molecular flexibility index (Phi) is 2.53. The highest BCUT2D eigenvalue weighted by Gasteiger charge is 2.62. The van der Waals surface area contributed by atoms with E-state index in [0.29, 0.717) is 5.41 Å². The summed E-state index contributed by atoms with van der Waals surface area (Å²) in [5.41, 5.74) is 4.37. The van der Waals surface area contributed by atoms with Gasteiger partial charge in [0, 0.05) is 17.1 Å². The summed E-state index contributed by atoms with van der Waals surface area (Å²) in [5, 5.41) is 5.76. The van der Waals surface area contributed by atoms with Crippen LogP contribution in [-0.2, 0) is 6.42 Å². The Hall–Kier alpha value is -2.23. The van der Waals surface area contributed by atoms with Crippen LogP contribution in [0.25, 0.3) is 16.7 Å². The highest BCUT2D eigenvalue weighted by molar-refractivity contribution is 5.81. The molecule has 0 unspecified atom stereocenters. The fourth-order valence-corrected chi connectivity index (χ4v) is 3.87. The Morgan fingerprint density at radius 3 is 2.83 bits per heavy atom. The molecule has 0 radical (unpaired) electrons. The first-order valence-electron chi connectivity index (χ1n) is 8.51. The van der Waals surface area contributed by atoms with E-state index in [1.165, 1.54) is 30.2 Å². The molecular weight excluding hydrogens is 284 g/mol. The van der Waals surface area contributed by atoms with E-state index in [9.17, 15) is 0 Å². The smallest absolute Gasteiger partial charge is 0.157 e. The Morgan fingerprint density at radius 2 is 2.09 bits per heavy atom. The first-order valence-corrected chi connectivity index (χ1v) is 8.51. The van der Waals surface area contributed by atoms with Gasteiger partial charge in [-0.05, 0) is 55.6 Å². The summed E-state index contributed by atoms with van der Waals surface area (Å²) in [6, 6.07) is 8.86. The fourth-order valence-electron chi connectivity index (χ4n) is 3.87. The van der Waals surface area contributed by atoms with Gasteiger partial charge in [-0.3, -0.25) is 0 Å². The normalized spacial score (nSPS) is 21.0. The molecule has 2 heterocycles. The van der Waals surface area contributed by atoms with E-state index < -0.39 is 0 Å². The number of nitrogens with zero attached hydrogens (tertiary/aromatic N) is 4. The van der Waals surface area contributed by atoms with Gasteiger partial charge in [0.15, 0.2) is 5.82 Å². The highest BCUT2D eigenvalue weighted by Crippen LogP contribution is 2.75. The van der Waals surface area contributed by atoms with E-state index in [4.69, 9.17) is 0 Å². The van der Waals surface area contributed by atoms with E-state index in [0.717, 1.165) is 35.2 Å². The maximum absolute atomic E-state index is 4.59. The van der Waals surface area contributed by atoms with Crippen LogP contribution in [0.5, 0.6) is 0 Å². The lowest BCUT2D eigenvalue weighted by Crippen LogP contribution is -2.04. The average Bonchev–Trinajstić information content (AvgIpc) is 3.45. The monoisotopic (exact) mass is 304 g/mol.